The van der Waals surface area contributed by atoms with Crippen molar-refractivity contribution in [2.45, 2.75) is 31.3 Å². The number of nitrogens with zero attached hydrogens (tertiary/aromatic N) is 1. The normalized spacial score (nSPS) is 16.7. The highest BCUT2D eigenvalue weighted by atomic mass is 32.2. The molecule has 17 heavy (non-hydrogen) atoms. The Morgan fingerprint density at radius 3 is 2.65 bits per heavy atom. The molecule has 1 aromatic heterocycles. The van der Waals surface area contributed by atoms with Gasteiger partial charge in [-0.05, 0) is 25.7 Å². The number of sulfonamides is 1. The maximum Gasteiger partial charge on any atom is 0.246 e. The number of aliphatic hydroxyl groups is 1. The molecule has 1 fully saturated rings. The van der Waals surface area contributed by atoms with Crippen LogP contribution in [0.4, 0.5) is 0 Å². The van der Waals surface area contributed by atoms with Crippen molar-refractivity contribution >= 4 is 10.0 Å². The minimum absolute atomic E-state index is 0.157. The van der Waals surface area contributed by atoms with Gasteiger partial charge in [-0.2, -0.15) is 0 Å². The van der Waals surface area contributed by atoms with Crippen molar-refractivity contribution in [3.63, 3.8) is 0 Å². The lowest BCUT2D eigenvalue weighted by atomic mass is 10.4. The molecule has 0 bridgehead atoms. The highest BCUT2D eigenvalue weighted by molar-refractivity contribution is 7.89. The van der Waals surface area contributed by atoms with E-state index in [9.17, 15) is 8.42 Å². The second-order valence-corrected chi connectivity index (χ2v) is 6.53. The lowest BCUT2D eigenvalue weighted by Crippen LogP contribution is -2.29. The van der Waals surface area contributed by atoms with Gasteiger partial charge in [0.1, 0.15) is 23.0 Å². The van der Waals surface area contributed by atoms with Crippen molar-refractivity contribution in [3.05, 3.63) is 17.6 Å². The van der Waals surface area contributed by atoms with E-state index in [1.807, 2.05) is 0 Å². The van der Waals surface area contributed by atoms with E-state index < -0.39 is 10.0 Å². The molecule has 0 spiro atoms. The topological polar surface area (TPSA) is 70.8 Å². The summed E-state index contributed by atoms with van der Waals surface area (Å²) in [7, 11) is -1.90. The summed E-state index contributed by atoms with van der Waals surface area (Å²) < 4.78 is 31.0. The molecule has 0 aliphatic heterocycles. The van der Waals surface area contributed by atoms with Gasteiger partial charge in [-0.1, -0.05) is 0 Å². The van der Waals surface area contributed by atoms with Gasteiger partial charge in [0.25, 0.3) is 0 Å². The molecule has 0 saturated heterocycles. The first-order chi connectivity index (χ1) is 7.95. The quantitative estimate of drug-likeness (QED) is 0.860. The Labute approximate surface area is 101 Å². The molecular weight excluding hydrogens is 242 g/mol. The molecule has 0 unspecified atom stereocenters. The maximum absolute atomic E-state index is 12.2. The third-order valence-corrected chi connectivity index (χ3v) is 4.91. The highest BCUT2D eigenvalue weighted by Crippen LogP contribution is 2.31. The van der Waals surface area contributed by atoms with Gasteiger partial charge in [-0.3, -0.25) is 0 Å². The number of aryl methyl sites for hydroxylation is 1. The smallest absolute Gasteiger partial charge is 0.246 e. The summed E-state index contributed by atoms with van der Waals surface area (Å²) in [5, 5.41) is 8.93. The van der Waals surface area contributed by atoms with Crippen molar-refractivity contribution < 1.29 is 17.9 Å². The van der Waals surface area contributed by atoms with Crippen LogP contribution in [0.1, 0.15) is 24.4 Å². The maximum atomic E-state index is 12.2. The molecule has 1 aliphatic rings. The van der Waals surface area contributed by atoms with Crippen LogP contribution < -0.4 is 0 Å². The summed E-state index contributed by atoms with van der Waals surface area (Å²) in [6.45, 7) is 1.86. The molecule has 5 nitrogen and oxygen atoms in total. The summed E-state index contributed by atoms with van der Waals surface area (Å²) >= 11 is 0. The van der Waals surface area contributed by atoms with E-state index in [0.717, 1.165) is 12.8 Å². The van der Waals surface area contributed by atoms with Gasteiger partial charge in [0, 0.05) is 19.7 Å². The molecule has 0 aromatic carbocycles. The molecule has 1 N–H and O–H groups in total. The van der Waals surface area contributed by atoms with Gasteiger partial charge >= 0.3 is 0 Å². The Hall–Kier alpha value is -0.850. The minimum Gasteiger partial charge on any atom is -0.462 e. The average Bonchev–Trinajstić information content (AvgIpc) is 2.99. The summed E-state index contributed by atoms with van der Waals surface area (Å²) in [5.41, 5.74) is 0. The predicted molar refractivity (Wildman–Crippen MR) is 61.9 cm³/mol. The van der Waals surface area contributed by atoms with Gasteiger partial charge in [-0.25, -0.2) is 12.7 Å². The number of aliphatic hydroxyl groups excluding tert-OH is 1. The predicted octanol–water partition coefficient (Wildman–Crippen LogP) is 1.11. The molecule has 1 aliphatic carbocycles. The average molecular weight is 259 g/mol. The van der Waals surface area contributed by atoms with E-state index >= 15 is 0 Å². The third kappa shape index (κ3) is 2.53. The highest BCUT2D eigenvalue weighted by Gasteiger charge is 2.31. The summed E-state index contributed by atoms with van der Waals surface area (Å²) in [6, 6.07) is 1.40. The zero-order valence-corrected chi connectivity index (χ0v) is 10.8. The van der Waals surface area contributed by atoms with E-state index in [0.29, 0.717) is 18.2 Å². The van der Waals surface area contributed by atoms with E-state index in [4.69, 9.17) is 9.52 Å². The van der Waals surface area contributed by atoms with Gasteiger partial charge in [0.05, 0.1) is 0 Å². The largest absolute Gasteiger partial charge is 0.462 e. The molecule has 6 heteroatoms. The number of furan rings is 1. The summed E-state index contributed by atoms with van der Waals surface area (Å²) in [6.07, 6.45) is 2.21. The lowest BCUT2D eigenvalue weighted by Gasteiger charge is -2.15. The summed E-state index contributed by atoms with van der Waals surface area (Å²) in [4.78, 5) is 0.157. The first kappa shape index (κ1) is 12.6. The van der Waals surface area contributed by atoms with Crippen LogP contribution in [-0.2, 0) is 16.6 Å². The van der Waals surface area contributed by atoms with E-state index in [1.54, 1.807) is 14.0 Å². The van der Waals surface area contributed by atoms with Crippen LogP contribution in [0.5, 0.6) is 0 Å². The Morgan fingerprint density at radius 2 is 2.18 bits per heavy atom. The molecule has 1 aromatic rings. The van der Waals surface area contributed by atoms with Crippen molar-refractivity contribution in [1.82, 2.24) is 4.31 Å². The second kappa shape index (κ2) is 4.44. The van der Waals surface area contributed by atoms with E-state index in [1.165, 1.54) is 10.4 Å². The van der Waals surface area contributed by atoms with Crippen molar-refractivity contribution in [3.8, 4) is 0 Å². The molecular formula is C11H17NO4S. The fraction of sp³-hybridized carbons (Fsp3) is 0.636. The molecule has 2 rings (SSSR count). The first-order valence-corrected chi connectivity index (χ1v) is 7.05. The Balaban J connectivity index is 2.25. The van der Waals surface area contributed by atoms with Crippen LogP contribution in [-0.4, -0.2) is 31.4 Å². The SMILES string of the molecule is Cc1oc(CO)cc1S(=O)(=O)N(C)CC1CC1. The molecule has 0 amide bonds. The minimum atomic E-state index is -3.49. The van der Waals surface area contributed by atoms with Crippen LogP contribution >= 0.6 is 0 Å². The number of rotatable bonds is 5. The molecule has 0 atom stereocenters. The number of hydrogen-bond acceptors (Lipinski definition) is 4. The van der Waals surface area contributed by atoms with Gasteiger partial charge in [-0.15, -0.1) is 0 Å². The third-order valence-electron chi connectivity index (χ3n) is 2.98. The lowest BCUT2D eigenvalue weighted by molar-refractivity contribution is 0.244. The summed E-state index contributed by atoms with van der Waals surface area (Å²) in [5.74, 6) is 1.11. The Morgan fingerprint density at radius 1 is 1.53 bits per heavy atom. The molecule has 0 radical (unpaired) electrons. The zero-order chi connectivity index (χ0) is 12.6. The fourth-order valence-corrected chi connectivity index (χ4v) is 3.22. The van der Waals surface area contributed by atoms with Crippen LogP contribution in [0.2, 0.25) is 0 Å². The molecule has 96 valence electrons. The standard InChI is InChI=1S/C11H17NO4S/c1-8-11(5-10(7-13)16-8)17(14,15)12(2)6-9-3-4-9/h5,9,13H,3-4,6-7H2,1-2H3. The van der Waals surface area contributed by atoms with Crippen LogP contribution in [0.3, 0.4) is 0 Å². The monoisotopic (exact) mass is 259 g/mol. The van der Waals surface area contributed by atoms with Gasteiger partial charge < -0.3 is 9.52 Å². The molecule has 1 heterocycles. The van der Waals surface area contributed by atoms with E-state index in [2.05, 4.69) is 0 Å². The van der Waals surface area contributed by atoms with Crippen molar-refractivity contribution in [2.24, 2.45) is 5.92 Å². The van der Waals surface area contributed by atoms with E-state index in [-0.39, 0.29) is 17.3 Å². The molecule has 1 saturated carbocycles. The van der Waals surface area contributed by atoms with Crippen molar-refractivity contribution in [1.29, 1.82) is 0 Å². The van der Waals surface area contributed by atoms with Gasteiger partial charge in [0.15, 0.2) is 0 Å². The zero-order valence-electron chi connectivity index (χ0n) is 10.0. The van der Waals surface area contributed by atoms with Crippen LogP contribution in [0.15, 0.2) is 15.4 Å². The Kier molecular flexibility index (Phi) is 3.29. The van der Waals surface area contributed by atoms with Crippen LogP contribution in [0.25, 0.3) is 0 Å². The number of hydrogen-bond donors (Lipinski definition) is 1. The van der Waals surface area contributed by atoms with Crippen LogP contribution in [0, 0.1) is 12.8 Å². The van der Waals surface area contributed by atoms with Crippen molar-refractivity contribution in [2.75, 3.05) is 13.6 Å². The Bertz CT molecular complexity index is 502. The fourth-order valence-electron chi connectivity index (χ4n) is 1.79. The van der Waals surface area contributed by atoms with Gasteiger partial charge in [0.2, 0.25) is 10.0 Å². The first-order valence-electron chi connectivity index (χ1n) is 5.61. The second-order valence-electron chi connectivity index (χ2n) is 4.52.